The molecule has 0 heterocycles. The molecule has 1 aromatic carbocycles. The van der Waals surface area contributed by atoms with E-state index in [0.29, 0.717) is 18.5 Å². The lowest BCUT2D eigenvalue weighted by Crippen LogP contribution is -2.28. The lowest BCUT2D eigenvalue weighted by Gasteiger charge is -2.17. The van der Waals surface area contributed by atoms with Gasteiger partial charge in [0.1, 0.15) is 0 Å². The van der Waals surface area contributed by atoms with Crippen molar-refractivity contribution in [3.63, 3.8) is 0 Å². The first-order chi connectivity index (χ1) is 8.95. The summed E-state index contributed by atoms with van der Waals surface area (Å²) in [4.78, 5) is 23.8. The molecule has 0 saturated heterocycles. The molecular formula is C13H16FNO4. The van der Waals surface area contributed by atoms with Crippen LogP contribution in [-0.4, -0.2) is 42.6 Å². The molecule has 104 valence electrons. The molecule has 0 fully saturated rings. The van der Waals surface area contributed by atoms with Gasteiger partial charge in [-0.25, -0.2) is 4.39 Å². The smallest absolute Gasteiger partial charge is 0.303 e. The molecule has 0 radical (unpaired) electrons. The van der Waals surface area contributed by atoms with Crippen LogP contribution in [0.4, 0.5) is 4.39 Å². The van der Waals surface area contributed by atoms with E-state index in [1.54, 1.807) is 7.05 Å². The average Bonchev–Trinajstić information content (AvgIpc) is 2.38. The quantitative estimate of drug-likeness (QED) is 0.854. The number of halogens is 1. The summed E-state index contributed by atoms with van der Waals surface area (Å²) in [7, 11) is 2.89. The van der Waals surface area contributed by atoms with Crippen molar-refractivity contribution in [2.45, 2.75) is 12.8 Å². The van der Waals surface area contributed by atoms with Crippen molar-refractivity contribution >= 4 is 11.9 Å². The molecule has 19 heavy (non-hydrogen) atoms. The topological polar surface area (TPSA) is 66.8 Å². The first-order valence-electron chi connectivity index (χ1n) is 5.76. The van der Waals surface area contributed by atoms with Gasteiger partial charge in [-0.15, -0.1) is 0 Å². The van der Waals surface area contributed by atoms with E-state index in [1.165, 1.54) is 24.1 Å². The molecule has 0 aliphatic carbocycles. The van der Waals surface area contributed by atoms with Gasteiger partial charge < -0.3 is 14.7 Å². The molecule has 0 bridgehead atoms. The molecule has 5 nitrogen and oxygen atoms in total. The monoisotopic (exact) mass is 269 g/mol. The summed E-state index contributed by atoms with van der Waals surface area (Å²) in [6.07, 6.45) is 0.375. The maximum atomic E-state index is 13.2. The van der Waals surface area contributed by atoms with Gasteiger partial charge in [0.25, 0.3) is 5.91 Å². The Bertz CT molecular complexity index is 476. The number of carboxylic acid groups (broad SMARTS) is 1. The summed E-state index contributed by atoms with van der Waals surface area (Å²) in [6.45, 7) is 0.324. The van der Waals surface area contributed by atoms with E-state index < -0.39 is 11.8 Å². The van der Waals surface area contributed by atoms with Crippen molar-refractivity contribution in [3.05, 3.63) is 29.6 Å². The Balaban J connectivity index is 2.68. The number of hydrogen-bond acceptors (Lipinski definition) is 3. The lowest BCUT2D eigenvalue weighted by atomic mass is 10.1. The molecule has 1 aromatic rings. The van der Waals surface area contributed by atoms with Crippen LogP contribution in [-0.2, 0) is 4.79 Å². The highest BCUT2D eigenvalue weighted by molar-refractivity contribution is 5.94. The van der Waals surface area contributed by atoms with Crippen molar-refractivity contribution in [3.8, 4) is 5.75 Å². The number of aliphatic carboxylic acids is 1. The van der Waals surface area contributed by atoms with Crippen LogP contribution in [0.2, 0.25) is 0 Å². The highest BCUT2D eigenvalue weighted by atomic mass is 19.1. The van der Waals surface area contributed by atoms with Crippen LogP contribution in [0.5, 0.6) is 5.75 Å². The van der Waals surface area contributed by atoms with Crippen molar-refractivity contribution in [2.75, 3.05) is 20.7 Å². The Morgan fingerprint density at radius 3 is 2.68 bits per heavy atom. The molecule has 0 aliphatic heterocycles. The van der Waals surface area contributed by atoms with Crippen molar-refractivity contribution < 1.29 is 23.8 Å². The van der Waals surface area contributed by atoms with Gasteiger partial charge in [0.05, 0.1) is 7.11 Å². The number of rotatable bonds is 6. The largest absolute Gasteiger partial charge is 0.494 e. The SMILES string of the molecule is COc1cc(C(=O)N(C)CCCC(=O)O)ccc1F. The fourth-order valence-electron chi connectivity index (χ4n) is 1.58. The third-order valence-corrected chi connectivity index (χ3v) is 2.63. The predicted molar refractivity (Wildman–Crippen MR) is 66.8 cm³/mol. The van der Waals surface area contributed by atoms with E-state index in [2.05, 4.69) is 0 Å². The van der Waals surface area contributed by atoms with Crippen LogP contribution >= 0.6 is 0 Å². The second-order valence-corrected chi connectivity index (χ2v) is 4.07. The number of carboxylic acids is 1. The molecule has 6 heteroatoms. The molecule has 0 spiro atoms. The van der Waals surface area contributed by atoms with Gasteiger partial charge in [-0.2, -0.15) is 0 Å². The maximum absolute atomic E-state index is 13.2. The van der Waals surface area contributed by atoms with E-state index >= 15 is 0 Å². The molecule has 1 N–H and O–H groups in total. The van der Waals surface area contributed by atoms with Crippen LogP contribution < -0.4 is 4.74 Å². The van der Waals surface area contributed by atoms with Crippen LogP contribution in [0, 0.1) is 5.82 Å². The van der Waals surface area contributed by atoms with E-state index in [1.807, 2.05) is 0 Å². The van der Waals surface area contributed by atoms with Gasteiger partial charge in [-0.1, -0.05) is 0 Å². The number of carbonyl (C=O) groups is 2. The summed E-state index contributed by atoms with van der Waals surface area (Å²) in [5.74, 6) is -1.73. The second-order valence-electron chi connectivity index (χ2n) is 4.07. The van der Waals surface area contributed by atoms with Crippen LogP contribution in [0.1, 0.15) is 23.2 Å². The van der Waals surface area contributed by atoms with E-state index in [9.17, 15) is 14.0 Å². The molecule has 0 aromatic heterocycles. The standard InChI is InChI=1S/C13H16FNO4/c1-15(7-3-4-12(16)17)13(18)9-5-6-10(14)11(8-9)19-2/h5-6,8H,3-4,7H2,1-2H3,(H,16,17). The molecule has 0 saturated carbocycles. The Hall–Kier alpha value is -2.11. The second kappa shape index (κ2) is 6.72. The Morgan fingerprint density at radius 2 is 2.11 bits per heavy atom. The Labute approximate surface area is 110 Å². The zero-order chi connectivity index (χ0) is 14.4. The molecule has 0 unspecified atom stereocenters. The van der Waals surface area contributed by atoms with Gasteiger partial charge >= 0.3 is 5.97 Å². The minimum absolute atomic E-state index is 0.00432. The first-order valence-corrected chi connectivity index (χ1v) is 5.76. The number of methoxy groups -OCH3 is 1. The minimum atomic E-state index is -0.899. The maximum Gasteiger partial charge on any atom is 0.303 e. The average molecular weight is 269 g/mol. The predicted octanol–water partition coefficient (Wildman–Crippen LogP) is 1.77. The number of benzene rings is 1. The molecule has 1 rings (SSSR count). The van der Waals surface area contributed by atoms with Crippen molar-refractivity contribution in [2.24, 2.45) is 0 Å². The van der Waals surface area contributed by atoms with Gasteiger partial charge in [0, 0.05) is 25.6 Å². The highest BCUT2D eigenvalue weighted by Gasteiger charge is 2.14. The lowest BCUT2D eigenvalue weighted by molar-refractivity contribution is -0.137. The Morgan fingerprint density at radius 1 is 1.42 bits per heavy atom. The third kappa shape index (κ3) is 4.24. The summed E-state index contributed by atoms with van der Waals surface area (Å²) in [5, 5.41) is 8.52. The number of amides is 1. The van der Waals surface area contributed by atoms with Crippen LogP contribution in [0.15, 0.2) is 18.2 Å². The van der Waals surface area contributed by atoms with Gasteiger partial charge in [-0.05, 0) is 24.6 Å². The fourth-order valence-corrected chi connectivity index (χ4v) is 1.58. The summed E-state index contributed by atoms with van der Waals surface area (Å²) >= 11 is 0. The van der Waals surface area contributed by atoms with E-state index in [-0.39, 0.29) is 18.1 Å². The van der Waals surface area contributed by atoms with Gasteiger partial charge in [-0.3, -0.25) is 9.59 Å². The highest BCUT2D eigenvalue weighted by Crippen LogP contribution is 2.19. The van der Waals surface area contributed by atoms with Crippen molar-refractivity contribution in [1.82, 2.24) is 4.90 Å². The normalized spacial score (nSPS) is 10.1. The van der Waals surface area contributed by atoms with E-state index in [0.717, 1.165) is 6.07 Å². The fraction of sp³-hybridized carbons (Fsp3) is 0.385. The van der Waals surface area contributed by atoms with Crippen LogP contribution in [0.25, 0.3) is 0 Å². The zero-order valence-electron chi connectivity index (χ0n) is 10.9. The summed E-state index contributed by atoms with van der Waals surface area (Å²) in [5.41, 5.74) is 0.302. The summed E-state index contributed by atoms with van der Waals surface area (Å²) < 4.78 is 18.0. The minimum Gasteiger partial charge on any atom is -0.494 e. The zero-order valence-corrected chi connectivity index (χ0v) is 10.9. The van der Waals surface area contributed by atoms with Crippen LogP contribution in [0.3, 0.4) is 0 Å². The molecule has 1 amide bonds. The summed E-state index contributed by atoms with van der Waals surface area (Å²) in [6, 6.07) is 3.86. The molecule has 0 atom stereocenters. The molecular weight excluding hydrogens is 253 g/mol. The number of ether oxygens (including phenoxy) is 1. The number of hydrogen-bond donors (Lipinski definition) is 1. The van der Waals surface area contributed by atoms with Gasteiger partial charge in [0.2, 0.25) is 0 Å². The van der Waals surface area contributed by atoms with Gasteiger partial charge in [0.15, 0.2) is 11.6 Å². The number of carbonyl (C=O) groups excluding carboxylic acids is 1. The first kappa shape index (κ1) is 14.9. The van der Waals surface area contributed by atoms with E-state index in [4.69, 9.17) is 9.84 Å². The molecule has 0 aliphatic rings. The number of nitrogens with zero attached hydrogens (tertiary/aromatic N) is 1. The Kier molecular flexibility index (Phi) is 5.29. The third-order valence-electron chi connectivity index (χ3n) is 2.63. The van der Waals surface area contributed by atoms with Crippen molar-refractivity contribution in [1.29, 1.82) is 0 Å².